The van der Waals surface area contributed by atoms with Crippen molar-refractivity contribution in [2.75, 3.05) is 12.4 Å². The molecule has 0 aliphatic rings. The maximum Gasteiger partial charge on any atom is 0.251 e. The van der Waals surface area contributed by atoms with Gasteiger partial charge in [0.15, 0.2) is 0 Å². The lowest BCUT2D eigenvalue weighted by molar-refractivity contribution is -0.111. The Kier molecular flexibility index (Phi) is 5.79. The summed E-state index contributed by atoms with van der Waals surface area (Å²) in [6, 6.07) is 11.7. The van der Waals surface area contributed by atoms with Crippen LogP contribution in [0.25, 0.3) is 6.08 Å². The van der Waals surface area contributed by atoms with Gasteiger partial charge in [-0.15, -0.1) is 0 Å². The summed E-state index contributed by atoms with van der Waals surface area (Å²) in [5.74, 6) is -0.547. The van der Waals surface area contributed by atoms with Gasteiger partial charge in [-0.1, -0.05) is 35.3 Å². The van der Waals surface area contributed by atoms with E-state index >= 15 is 0 Å². The van der Waals surface area contributed by atoms with E-state index in [-0.39, 0.29) is 11.8 Å². The number of hydrogen-bond donors (Lipinski definition) is 2. The highest BCUT2D eigenvalue weighted by Gasteiger charge is 2.05. The molecule has 0 atom stereocenters. The molecule has 0 saturated heterocycles. The summed E-state index contributed by atoms with van der Waals surface area (Å²) < 4.78 is 0. The molecule has 2 amide bonds. The topological polar surface area (TPSA) is 58.2 Å². The first-order valence-electron chi connectivity index (χ1n) is 6.76. The number of hydrogen-bond acceptors (Lipinski definition) is 2. The van der Waals surface area contributed by atoms with Crippen LogP contribution in [-0.4, -0.2) is 18.9 Å². The summed E-state index contributed by atoms with van der Waals surface area (Å²) in [6.07, 6.45) is 2.96. The third kappa shape index (κ3) is 4.84. The average Bonchev–Trinajstić information content (AvgIpc) is 2.53. The Morgan fingerprint density at radius 2 is 1.87 bits per heavy atom. The highest BCUT2D eigenvalue weighted by atomic mass is 35.5. The number of carbonyl (C=O) groups excluding carboxylic acids is 2. The predicted octanol–water partition coefficient (Wildman–Crippen LogP) is 4.00. The second-order valence-corrected chi connectivity index (χ2v) is 5.49. The van der Waals surface area contributed by atoms with Crippen LogP contribution >= 0.6 is 23.2 Å². The summed E-state index contributed by atoms with van der Waals surface area (Å²) in [5, 5.41) is 6.21. The van der Waals surface area contributed by atoms with Crippen LogP contribution in [0.4, 0.5) is 5.69 Å². The summed E-state index contributed by atoms with van der Waals surface area (Å²) in [7, 11) is 1.55. The lowest BCUT2D eigenvalue weighted by atomic mass is 10.2. The van der Waals surface area contributed by atoms with Crippen LogP contribution in [0, 0.1) is 0 Å². The minimum Gasteiger partial charge on any atom is -0.355 e. The van der Waals surface area contributed by atoms with Gasteiger partial charge in [-0.05, 0) is 42.0 Å². The van der Waals surface area contributed by atoms with Crippen molar-refractivity contribution in [3.8, 4) is 0 Å². The second kappa shape index (κ2) is 7.81. The van der Waals surface area contributed by atoms with Crippen LogP contribution in [0.2, 0.25) is 10.0 Å². The van der Waals surface area contributed by atoms with Crippen molar-refractivity contribution >= 4 is 46.8 Å². The van der Waals surface area contributed by atoms with Crippen molar-refractivity contribution in [1.29, 1.82) is 0 Å². The van der Waals surface area contributed by atoms with Gasteiger partial charge in [-0.2, -0.15) is 0 Å². The number of anilines is 1. The van der Waals surface area contributed by atoms with E-state index in [1.165, 1.54) is 6.08 Å². The molecule has 2 rings (SSSR count). The monoisotopic (exact) mass is 348 g/mol. The van der Waals surface area contributed by atoms with Gasteiger partial charge in [0.2, 0.25) is 5.91 Å². The van der Waals surface area contributed by atoms with E-state index in [1.807, 2.05) is 0 Å². The van der Waals surface area contributed by atoms with Crippen LogP contribution in [-0.2, 0) is 4.79 Å². The number of benzene rings is 2. The fourth-order valence-corrected chi connectivity index (χ4v) is 2.34. The van der Waals surface area contributed by atoms with E-state index < -0.39 is 0 Å². The number of rotatable bonds is 4. The summed E-state index contributed by atoms with van der Waals surface area (Å²) in [5.41, 5.74) is 1.68. The summed E-state index contributed by atoms with van der Waals surface area (Å²) in [6.45, 7) is 0. The first-order valence-corrected chi connectivity index (χ1v) is 7.51. The Bertz CT molecular complexity index is 773. The Balaban J connectivity index is 2.07. The van der Waals surface area contributed by atoms with Crippen LogP contribution in [0.3, 0.4) is 0 Å². The quantitative estimate of drug-likeness (QED) is 0.820. The highest BCUT2D eigenvalue weighted by Crippen LogP contribution is 2.22. The fraction of sp³-hybridized carbons (Fsp3) is 0.0588. The lowest BCUT2D eigenvalue weighted by Gasteiger charge is -2.05. The number of nitrogens with one attached hydrogen (secondary N) is 2. The minimum absolute atomic E-state index is 0.218. The summed E-state index contributed by atoms with van der Waals surface area (Å²) in [4.78, 5) is 23.5. The maximum atomic E-state index is 11.9. The predicted molar refractivity (Wildman–Crippen MR) is 94.0 cm³/mol. The van der Waals surface area contributed by atoms with E-state index in [1.54, 1.807) is 55.6 Å². The molecule has 0 heterocycles. The van der Waals surface area contributed by atoms with Crippen molar-refractivity contribution in [1.82, 2.24) is 5.32 Å². The van der Waals surface area contributed by atoms with Crippen molar-refractivity contribution in [2.24, 2.45) is 0 Å². The van der Waals surface area contributed by atoms with Crippen LogP contribution < -0.4 is 10.6 Å². The molecule has 0 aliphatic heterocycles. The zero-order valence-electron chi connectivity index (χ0n) is 12.3. The van der Waals surface area contributed by atoms with Gasteiger partial charge >= 0.3 is 0 Å². The smallest absolute Gasteiger partial charge is 0.251 e. The molecular formula is C17H14Cl2N2O2. The van der Waals surface area contributed by atoms with Gasteiger partial charge in [0.25, 0.3) is 5.91 Å². The second-order valence-electron chi connectivity index (χ2n) is 4.65. The molecule has 4 nitrogen and oxygen atoms in total. The molecule has 2 N–H and O–H groups in total. The van der Waals surface area contributed by atoms with Gasteiger partial charge in [0.1, 0.15) is 0 Å². The van der Waals surface area contributed by atoms with E-state index in [4.69, 9.17) is 23.2 Å². The molecule has 0 aromatic heterocycles. The Hall–Kier alpha value is -2.30. The molecule has 0 saturated carbocycles. The first-order chi connectivity index (χ1) is 11.0. The zero-order chi connectivity index (χ0) is 16.8. The van der Waals surface area contributed by atoms with Gasteiger partial charge in [-0.25, -0.2) is 0 Å². The minimum atomic E-state index is -0.329. The van der Waals surface area contributed by atoms with Crippen molar-refractivity contribution in [3.63, 3.8) is 0 Å². The third-order valence-corrected chi connectivity index (χ3v) is 3.56. The van der Waals surface area contributed by atoms with Crippen LogP contribution in [0.5, 0.6) is 0 Å². The normalized spacial score (nSPS) is 10.6. The third-order valence-electron chi connectivity index (χ3n) is 3.00. The SMILES string of the molecule is CNC(=O)c1cccc(NC(=O)/C=C/c2ccc(Cl)cc2Cl)c1. The molecule has 23 heavy (non-hydrogen) atoms. The zero-order valence-corrected chi connectivity index (χ0v) is 13.8. The van der Waals surface area contributed by atoms with Gasteiger partial charge < -0.3 is 10.6 Å². The Labute approximate surface area is 144 Å². The fourth-order valence-electron chi connectivity index (χ4n) is 1.87. The lowest BCUT2D eigenvalue weighted by Crippen LogP contribution is -2.18. The number of amides is 2. The van der Waals surface area contributed by atoms with Gasteiger partial charge in [0, 0.05) is 34.4 Å². The number of carbonyl (C=O) groups is 2. The van der Waals surface area contributed by atoms with Crippen molar-refractivity contribution in [3.05, 3.63) is 69.7 Å². The molecule has 2 aromatic rings. The van der Waals surface area contributed by atoms with Gasteiger partial charge in [0.05, 0.1) is 0 Å². The molecular weight excluding hydrogens is 335 g/mol. The summed E-state index contributed by atoms with van der Waals surface area (Å²) >= 11 is 11.9. The molecule has 0 fully saturated rings. The van der Waals surface area contributed by atoms with E-state index in [2.05, 4.69) is 10.6 Å². The molecule has 0 spiro atoms. The molecule has 2 aromatic carbocycles. The molecule has 0 bridgehead atoms. The number of halogens is 2. The largest absolute Gasteiger partial charge is 0.355 e. The van der Waals surface area contributed by atoms with Crippen molar-refractivity contribution in [2.45, 2.75) is 0 Å². The van der Waals surface area contributed by atoms with E-state index in [9.17, 15) is 9.59 Å². The van der Waals surface area contributed by atoms with E-state index in [0.717, 1.165) is 0 Å². The first kappa shape index (κ1) is 17.1. The van der Waals surface area contributed by atoms with E-state index in [0.29, 0.717) is 26.9 Å². The highest BCUT2D eigenvalue weighted by molar-refractivity contribution is 6.35. The van der Waals surface area contributed by atoms with Crippen LogP contribution in [0.15, 0.2) is 48.5 Å². The van der Waals surface area contributed by atoms with Gasteiger partial charge in [-0.3, -0.25) is 9.59 Å². The van der Waals surface area contributed by atoms with Crippen molar-refractivity contribution < 1.29 is 9.59 Å². The Morgan fingerprint density at radius 1 is 1.09 bits per heavy atom. The maximum absolute atomic E-state index is 11.9. The average molecular weight is 349 g/mol. The molecule has 118 valence electrons. The standard InChI is InChI=1S/C17H14Cl2N2O2/c1-20-17(23)12-3-2-4-14(9-12)21-16(22)8-6-11-5-7-13(18)10-15(11)19/h2-10H,1H3,(H,20,23)(H,21,22)/b8-6+. The van der Waals surface area contributed by atoms with Crippen LogP contribution in [0.1, 0.15) is 15.9 Å². The molecule has 0 radical (unpaired) electrons. The molecule has 6 heteroatoms. The Morgan fingerprint density at radius 3 is 2.57 bits per heavy atom. The molecule has 0 aliphatic carbocycles. The molecule has 0 unspecified atom stereocenters.